The highest BCUT2D eigenvalue weighted by Crippen LogP contribution is 2.22. The average Bonchev–Trinajstić information content (AvgIpc) is 2.97. The Morgan fingerprint density at radius 2 is 1.69 bits per heavy atom. The summed E-state index contributed by atoms with van der Waals surface area (Å²) in [6.07, 6.45) is 0. The number of ketones is 1. The number of amides is 3. The molecule has 1 aliphatic heterocycles. The first-order valence-corrected chi connectivity index (χ1v) is 8.55. The number of carbonyl (C=O) groups is 3. The summed E-state index contributed by atoms with van der Waals surface area (Å²) in [6.45, 7) is 2.44. The molecule has 134 valence electrons. The zero-order valence-electron chi connectivity index (χ0n) is 14.2. The van der Waals surface area contributed by atoms with Crippen LogP contribution in [0.1, 0.15) is 17.3 Å². The number of carbonyl (C=O) groups excluding carboxylic acids is 3. The highest BCUT2D eigenvalue weighted by Gasteiger charge is 2.30. The predicted octanol–water partition coefficient (Wildman–Crippen LogP) is 3.42. The van der Waals surface area contributed by atoms with Crippen molar-refractivity contribution in [2.24, 2.45) is 0 Å². The molecule has 0 aromatic heterocycles. The van der Waals surface area contributed by atoms with E-state index in [0.717, 1.165) is 5.69 Å². The maximum atomic E-state index is 12.5. The van der Waals surface area contributed by atoms with Gasteiger partial charge in [-0.3, -0.25) is 14.5 Å². The summed E-state index contributed by atoms with van der Waals surface area (Å²) in [5.41, 5.74) is 1.92. The van der Waals surface area contributed by atoms with Crippen LogP contribution < -0.4 is 10.2 Å². The van der Waals surface area contributed by atoms with Gasteiger partial charge in [0, 0.05) is 35.1 Å². The standard InChI is InChI=1S/C19H18ClN3O3/c1-13(24)14-2-6-16(7-3-14)21-18(25)12-22-10-11-23(19(22)26)17-8-4-15(20)5-9-17/h2-9H,10-12H2,1H3,(H,21,25). The molecule has 0 aliphatic carbocycles. The molecule has 0 saturated carbocycles. The van der Waals surface area contributed by atoms with Crippen molar-refractivity contribution in [2.75, 3.05) is 29.9 Å². The summed E-state index contributed by atoms with van der Waals surface area (Å²) in [4.78, 5) is 39.1. The van der Waals surface area contributed by atoms with Crippen LogP contribution in [0, 0.1) is 0 Å². The van der Waals surface area contributed by atoms with Crippen molar-refractivity contribution < 1.29 is 14.4 Å². The van der Waals surface area contributed by atoms with Crippen molar-refractivity contribution in [3.05, 3.63) is 59.1 Å². The van der Waals surface area contributed by atoms with Gasteiger partial charge in [-0.15, -0.1) is 0 Å². The van der Waals surface area contributed by atoms with Crippen LogP contribution in [-0.2, 0) is 4.79 Å². The Labute approximate surface area is 156 Å². The van der Waals surface area contributed by atoms with E-state index in [4.69, 9.17) is 11.6 Å². The van der Waals surface area contributed by atoms with Crippen molar-refractivity contribution in [1.82, 2.24) is 4.90 Å². The van der Waals surface area contributed by atoms with E-state index in [9.17, 15) is 14.4 Å². The number of rotatable bonds is 5. The van der Waals surface area contributed by atoms with Crippen molar-refractivity contribution in [2.45, 2.75) is 6.92 Å². The second kappa shape index (κ2) is 7.58. The maximum absolute atomic E-state index is 12.5. The minimum absolute atomic E-state index is 0.0304. The number of benzene rings is 2. The zero-order valence-corrected chi connectivity index (χ0v) is 15.0. The summed E-state index contributed by atoms with van der Waals surface area (Å²) in [6, 6.07) is 13.4. The molecule has 0 unspecified atom stereocenters. The monoisotopic (exact) mass is 371 g/mol. The number of urea groups is 1. The SMILES string of the molecule is CC(=O)c1ccc(NC(=O)CN2CCN(c3ccc(Cl)cc3)C2=O)cc1. The summed E-state index contributed by atoms with van der Waals surface area (Å²) < 4.78 is 0. The number of halogens is 1. The number of anilines is 2. The molecule has 2 aromatic carbocycles. The Hall–Kier alpha value is -2.86. The highest BCUT2D eigenvalue weighted by atomic mass is 35.5. The van der Waals surface area contributed by atoms with Gasteiger partial charge in [0.15, 0.2) is 5.78 Å². The van der Waals surface area contributed by atoms with E-state index in [2.05, 4.69) is 5.32 Å². The van der Waals surface area contributed by atoms with Crippen molar-refractivity contribution in [3.63, 3.8) is 0 Å². The molecule has 3 rings (SSSR count). The lowest BCUT2D eigenvalue weighted by molar-refractivity contribution is -0.116. The van der Waals surface area contributed by atoms with E-state index in [0.29, 0.717) is 29.4 Å². The second-order valence-electron chi connectivity index (χ2n) is 6.01. The Morgan fingerprint density at radius 1 is 1.04 bits per heavy atom. The first-order valence-electron chi connectivity index (χ1n) is 8.17. The van der Waals surface area contributed by atoms with Crippen LogP contribution >= 0.6 is 11.6 Å². The number of Topliss-reactive ketones (excluding diaryl/α,β-unsaturated/α-hetero) is 1. The summed E-state index contributed by atoms with van der Waals surface area (Å²) in [5.74, 6) is -0.320. The molecule has 0 radical (unpaired) electrons. The molecular formula is C19H18ClN3O3. The quantitative estimate of drug-likeness (QED) is 0.819. The Bertz CT molecular complexity index is 834. The van der Waals surface area contributed by atoms with Gasteiger partial charge < -0.3 is 10.2 Å². The molecule has 7 heteroatoms. The topological polar surface area (TPSA) is 69.7 Å². The minimum Gasteiger partial charge on any atom is -0.325 e. The third-order valence-corrected chi connectivity index (χ3v) is 4.39. The van der Waals surface area contributed by atoms with E-state index in [1.54, 1.807) is 53.4 Å². The summed E-state index contributed by atoms with van der Waals surface area (Å²) in [5, 5.41) is 3.34. The number of nitrogens with one attached hydrogen (secondary N) is 1. The van der Waals surface area contributed by atoms with Gasteiger partial charge in [-0.1, -0.05) is 11.6 Å². The molecule has 3 amide bonds. The highest BCUT2D eigenvalue weighted by molar-refractivity contribution is 6.30. The second-order valence-corrected chi connectivity index (χ2v) is 6.45. The number of hydrogen-bond donors (Lipinski definition) is 1. The molecule has 1 fully saturated rings. The van der Waals surface area contributed by atoms with Gasteiger partial charge in [0.25, 0.3) is 0 Å². The summed E-state index contributed by atoms with van der Waals surface area (Å²) in [7, 11) is 0. The van der Waals surface area contributed by atoms with Crippen molar-refractivity contribution in [3.8, 4) is 0 Å². The number of hydrogen-bond acceptors (Lipinski definition) is 3. The van der Waals surface area contributed by atoms with Gasteiger partial charge in [0.1, 0.15) is 6.54 Å². The molecule has 1 N–H and O–H groups in total. The van der Waals surface area contributed by atoms with Crippen LogP contribution in [-0.4, -0.2) is 42.3 Å². The molecule has 0 spiro atoms. The molecule has 26 heavy (non-hydrogen) atoms. The Balaban J connectivity index is 1.58. The third-order valence-electron chi connectivity index (χ3n) is 4.14. The van der Waals surface area contributed by atoms with Gasteiger partial charge >= 0.3 is 6.03 Å². The largest absolute Gasteiger partial charge is 0.325 e. The van der Waals surface area contributed by atoms with Crippen LogP contribution in [0.3, 0.4) is 0 Å². The molecule has 0 atom stereocenters. The lowest BCUT2D eigenvalue weighted by Crippen LogP contribution is -2.37. The Kier molecular flexibility index (Phi) is 5.23. The lowest BCUT2D eigenvalue weighted by Gasteiger charge is -2.18. The summed E-state index contributed by atoms with van der Waals surface area (Å²) >= 11 is 5.87. The van der Waals surface area contributed by atoms with Crippen LogP contribution in [0.4, 0.5) is 16.2 Å². The first-order chi connectivity index (χ1) is 12.4. The van der Waals surface area contributed by atoms with E-state index in [1.807, 2.05) is 0 Å². The van der Waals surface area contributed by atoms with Crippen LogP contribution in [0.15, 0.2) is 48.5 Å². The van der Waals surface area contributed by atoms with Crippen LogP contribution in [0.2, 0.25) is 5.02 Å². The molecule has 2 aromatic rings. The van der Waals surface area contributed by atoms with Gasteiger partial charge in [-0.05, 0) is 55.5 Å². The van der Waals surface area contributed by atoms with E-state index in [1.165, 1.54) is 11.8 Å². The smallest absolute Gasteiger partial charge is 0.325 e. The first kappa shape index (κ1) is 17.9. The molecular weight excluding hydrogens is 354 g/mol. The fourth-order valence-corrected chi connectivity index (χ4v) is 2.88. The predicted molar refractivity (Wildman–Crippen MR) is 101 cm³/mol. The van der Waals surface area contributed by atoms with E-state index < -0.39 is 0 Å². The fraction of sp³-hybridized carbons (Fsp3) is 0.211. The van der Waals surface area contributed by atoms with Crippen LogP contribution in [0.25, 0.3) is 0 Å². The maximum Gasteiger partial charge on any atom is 0.325 e. The Morgan fingerprint density at radius 3 is 2.31 bits per heavy atom. The van der Waals surface area contributed by atoms with Gasteiger partial charge in [0.05, 0.1) is 0 Å². The van der Waals surface area contributed by atoms with E-state index in [-0.39, 0.29) is 24.3 Å². The molecule has 1 aliphatic rings. The normalized spacial score (nSPS) is 13.8. The third kappa shape index (κ3) is 4.03. The van der Waals surface area contributed by atoms with Gasteiger partial charge in [-0.25, -0.2) is 4.79 Å². The zero-order chi connectivity index (χ0) is 18.7. The lowest BCUT2D eigenvalue weighted by atomic mass is 10.1. The van der Waals surface area contributed by atoms with E-state index >= 15 is 0 Å². The van der Waals surface area contributed by atoms with Crippen molar-refractivity contribution in [1.29, 1.82) is 0 Å². The number of nitrogens with zero attached hydrogens (tertiary/aromatic N) is 2. The molecule has 6 nitrogen and oxygen atoms in total. The minimum atomic E-state index is -0.285. The molecule has 1 heterocycles. The molecule has 0 bridgehead atoms. The fourth-order valence-electron chi connectivity index (χ4n) is 2.75. The average molecular weight is 372 g/mol. The van der Waals surface area contributed by atoms with Gasteiger partial charge in [-0.2, -0.15) is 0 Å². The van der Waals surface area contributed by atoms with Crippen LogP contribution in [0.5, 0.6) is 0 Å². The molecule has 1 saturated heterocycles. The van der Waals surface area contributed by atoms with Crippen molar-refractivity contribution >= 4 is 40.7 Å². The van der Waals surface area contributed by atoms with Gasteiger partial charge in [0.2, 0.25) is 5.91 Å².